The van der Waals surface area contributed by atoms with Crippen LogP contribution in [-0.2, 0) is 11.3 Å². The van der Waals surface area contributed by atoms with Gasteiger partial charge < -0.3 is 23.9 Å². The number of amides is 1. The van der Waals surface area contributed by atoms with Gasteiger partial charge in [0.1, 0.15) is 11.9 Å². The summed E-state index contributed by atoms with van der Waals surface area (Å²) in [5.74, 6) is 2.71. The Kier molecular flexibility index (Phi) is 6.59. The van der Waals surface area contributed by atoms with E-state index >= 15 is 0 Å². The molecule has 27 heavy (non-hydrogen) atoms. The maximum atomic E-state index is 12.1. The standard InChI is InChI=1S/C20H26N2O5/c1-24-17-6-3-7-18(25-2)20(17)27-15-8-10-22(11-9-15)14-19(23)21-13-16-5-4-12-26-16/h3-7,12,15H,8-11,13-14H2,1-2H3,(H,21,23). The fraction of sp³-hybridized carbons (Fsp3) is 0.450. The maximum Gasteiger partial charge on any atom is 0.234 e. The van der Waals surface area contributed by atoms with Crippen molar-refractivity contribution in [2.24, 2.45) is 0 Å². The summed E-state index contributed by atoms with van der Waals surface area (Å²) in [6.45, 7) is 2.40. The number of likely N-dealkylation sites (tertiary alicyclic amines) is 1. The molecule has 0 saturated carbocycles. The molecule has 1 aliphatic heterocycles. The van der Waals surface area contributed by atoms with Crippen molar-refractivity contribution in [3.63, 3.8) is 0 Å². The predicted octanol–water partition coefficient (Wildman–Crippen LogP) is 2.46. The van der Waals surface area contributed by atoms with Crippen LogP contribution in [0.3, 0.4) is 0 Å². The quantitative estimate of drug-likeness (QED) is 0.765. The lowest BCUT2D eigenvalue weighted by atomic mass is 10.1. The molecule has 0 unspecified atom stereocenters. The third-order valence-corrected chi connectivity index (χ3v) is 4.61. The Morgan fingerprint density at radius 3 is 2.44 bits per heavy atom. The van der Waals surface area contributed by atoms with Gasteiger partial charge in [0.25, 0.3) is 0 Å². The molecule has 1 aromatic carbocycles. The van der Waals surface area contributed by atoms with E-state index in [9.17, 15) is 4.79 Å². The van der Waals surface area contributed by atoms with Gasteiger partial charge in [0, 0.05) is 13.1 Å². The minimum absolute atomic E-state index is 0.00262. The summed E-state index contributed by atoms with van der Waals surface area (Å²) in [6, 6.07) is 9.24. The molecule has 0 atom stereocenters. The van der Waals surface area contributed by atoms with Gasteiger partial charge in [-0.2, -0.15) is 0 Å². The number of rotatable bonds is 8. The van der Waals surface area contributed by atoms with Crippen LogP contribution in [0.5, 0.6) is 17.2 Å². The summed E-state index contributed by atoms with van der Waals surface area (Å²) in [6.07, 6.45) is 3.35. The van der Waals surface area contributed by atoms with Crippen molar-refractivity contribution >= 4 is 5.91 Å². The van der Waals surface area contributed by atoms with E-state index in [2.05, 4.69) is 10.2 Å². The fourth-order valence-corrected chi connectivity index (χ4v) is 3.14. The van der Waals surface area contributed by atoms with Crippen LogP contribution < -0.4 is 19.5 Å². The van der Waals surface area contributed by atoms with Crippen LogP contribution in [0.2, 0.25) is 0 Å². The molecule has 3 rings (SSSR count). The molecular formula is C20H26N2O5. The minimum Gasteiger partial charge on any atom is -0.493 e. The van der Waals surface area contributed by atoms with Crippen LogP contribution in [0.25, 0.3) is 0 Å². The van der Waals surface area contributed by atoms with Gasteiger partial charge in [-0.1, -0.05) is 6.07 Å². The Morgan fingerprint density at radius 1 is 1.15 bits per heavy atom. The number of nitrogens with zero attached hydrogens (tertiary/aromatic N) is 1. The second kappa shape index (κ2) is 9.32. The van der Waals surface area contributed by atoms with Crippen LogP contribution in [0.4, 0.5) is 0 Å². The molecule has 1 fully saturated rings. The Balaban J connectivity index is 1.46. The third-order valence-electron chi connectivity index (χ3n) is 4.61. The molecule has 7 heteroatoms. The molecule has 1 aliphatic rings. The molecule has 1 aromatic heterocycles. The van der Waals surface area contributed by atoms with E-state index in [0.29, 0.717) is 30.3 Å². The van der Waals surface area contributed by atoms with E-state index in [4.69, 9.17) is 18.6 Å². The first-order valence-electron chi connectivity index (χ1n) is 9.08. The van der Waals surface area contributed by atoms with E-state index in [-0.39, 0.29) is 12.0 Å². The first kappa shape index (κ1) is 19.1. The number of nitrogens with one attached hydrogen (secondary N) is 1. The Morgan fingerprint density at radius 2 is 1.85 bits per heavy atom. The van der Waals surface area contributed by atoms with Gasteiger partial charge in [-0.25, -0.2) is 0 Å². The average Bonchev–Trinajstić information content (AvgIpc) is 3.21. The van der Waals surface area contributed by atoms with Gasteiger partial charge in [0.05, 0.1) is 33.6 Å². The van der Waals surface area contributed by atoms with Crippen molar-refractivity contribution in [1.29, 1.82) is 0 Å². The second-order valence-electron chi connectivity index (χ2n) is 6.44. The van der Waals surface area contributed by atoms with Crippen LogP contribution in [0.1, 0.15) is 18.6 Å². The molecule has 0 aliphatic carbocycles. The highest BCUT2D eigenvalue weighted by Crippen LogP contribution is 2.38. The van der Waals surface area contributed by atoms with Crippen LogP contribution >= 0.6 is 0 Å². The third kappa shape index (κ3) is 5.17. The molecular weight excluding hydrogens is 348 g/mol. The molecule has 0 bridgehead atoms. The van der Waals surface area contributed by atoms with Gasteiger partial charge in [-0.15, -0.1) is 0 Å². The molecule has 0 spiro atoms. The van der Waals surface area contributed by atoms with Crippen molar-refractivity contribution in [3.8, 4) is 17.2 Å². The lowest BCUT2D eigenvalue weighted by Crippen LogP contribution is -2.43. The zero-order chi connectivity index (χ0) is 19.1. The highest BCUT2D eigenvalue weighted by atomic mass is 16.5. The van der Waals surface area contributed by atoms with Gasteiger partial charge in [-0.05, 0) is 37.1 Å². The lowest BCUT2D eigenvalue weighted by Gasteiger charge is -2.32. The normalized spacial score (nSPS) is 15.3. The monoisotopic (exact) mass is 374 g/mol. The highest BCUT2D eigenvalue weighted by molar-refractivity contribution is 5.77. The molecule has 2 aromatic rings. The largest absolute Gasteiger partial charge is 0.493 e. The van der Waals surface area contributed by atoms with E-state index in [1.807, 2.05) is 30.3 Å². The molecule has 2 heterocycles. The van der Waals surface area contributed by atoms with E-state index in [1.54, 1.807) is 20.5 Å². The molecule has 7 nitrogen and oxygen atoms in total. The zero-order valence-electron chi connectivity index (χ0n) is 15.8. The first-order valence-corrected chi connectivity index (χ1v) is 9.08. The summed E-state index contributed by atoms with van der Waals surface area (Å²) < 4.78 is 22.1. The summed E-state index contributed by atoms with van der Waals surface area (Å²) in [4.78, 5) is 14.2. The number of benzene rings is 1. The number of piperidine rings is 1. The molecule has 146 valence electrons. The van der Waals surface area contributed by atoms with Crippen LogP contribution in [-0.4, -0.2) is 50.8 Å². The van der Waals surface area contributed by atoms with Crippen molar-refractivity contribution in [3.05, 3.63) is 42.4 Å². The van der Waals surface area contributed by atoms with Crippen LogP contribution in [0, 0.1) is 0 Å². The molecule has 1 N–H and O–H groups in total. The number of para-hydroxylation sites is 1. The Hall–Kier alpha value is -2.67. The number of furan rings is 1. The first-order chi connectivity index (χ1) is 13.2. The number of ether oxygens (including phenoxy) is 3. The van der Waals surface area contributed by atoms with E-state index in [0.717, 1.165) is 31.7 Å². The van der Waals surface area contributed by atoms with Crippen molar-refractivity contribution < 1.29 is 23.4 Å². The van der Waals surface area contributed by atoms with Gasteiger partial charge in [0.2, 0.25) is 11.7 Å². The predicted molar refractivity (Wildman–Crippen MR) is 100 cm³/mol. The minimum atomic E-state index is -0.00262. The second-order valence-corrected chi connectivity index (χ2v) is 6.44. The van der Waals surface area contributed by atoms with Gasteiger partial charge >= 0.3 is 0 Å². The van der Waals surface area contributed by atoms with Crippen molar-refractivity contribution in [2.75, 3.05) is 33.9 Å². The summed E-state index contributed by atoms with van der Waals surface area (Å²) in [5.41, 5.74) is 0. The number of carbonyl (C=O) groups excluding carboxylic acids is 1. The van der Waals surface area contributed by atoms with Gasteiger partial charge in [0.15, 0.2) is 11.5 Å². The van der Waals surface area contributed by atoms with E-state index < -0.39 is 0 Å². The van der Waals surface area contributed by atoms with E-state index in [1.165, 1.54) is 0 Å². The number of hydrogen-bond donors (Lipinski definition) is 1. The summed E-state index contributed by atoms with van der Waals surface area (Å²) in [5, 5.41) is 2.87. The smallest absolute Gasteiger partial charge is 0.234 e. The Bertz CT molecular complexity index is 702. The van der Waals surface area contributed by atoms with Crippen LogP contribution in [0.15, 0.2) is 41.0 Å². The number of carbonyl (C=O) groups is 1. The molecule has 0 radical (unpaired) electrons. The number of methoxy groups -OCH3 is 2. The highest BCUT2D eigenvalue weighted by Gasteiger charge is 2.24. The zero-order valence-corrected chi connectivity index (χ0v) is 15.8. The SMILES string of the molecule is COc1cccc(OC)c1OC1CCN(CC(=O)NCc2ccco2)CC1. The topological polar surface area (TPSA) is 73.2 Å². The van der Waals surface area contributed by atoms with Crippen molar-refractivity contribution in [2.45, 2.75) is 25.5 Å². The summed E-state index contributed by atoms with van der Waals surface area (Å²) in [7, 11) is 3.23. The summed E-state index contributed by atoms with van der Waals surface area (Å²) >= 11 is 0. The maximum absolute atomic E-state index is 12.1. The lowest BCUT2D eigenvalue weighted by molar-refractivity contribution is -0.123. The fourth-order valence-electron chi connectivity index (χ4n) is 3.14. The van der Waals surface area contributed by atoms with Gasteiger partial charge in [-0.3, -0.25) is 9.69 Å². The van der Waals surface area contributed by atoms with Crippen molar-refractivity contribution in [1.82, 2.24) is 10.2 Å². The molecule has 1 saturated heterocycles. The number of hydrogen-bond acceptors (Lipinski definition) is 6. The molecule has 1 amide bonds. The Labute approximate surface area is 159 Å². The average molecular weight is 374 g/mol.